The lowest BCUT2D eigenvalue weighted by Gasteiger charge is -2.28. The smallest absolute Gasteiger partial charge is 0.266 e. The zero-order valence-corrected chi connectivity index (χ0v) is 26.4. The van der Waals surface area contributed by atoms with E-state index in [1.807, 2.05) is 56.2 Å². The van der Waals surface area contributed by atoms with Crippen LogP contribution >= 0.6 is 34.5 Å². The van der Waals surface area contributed by atoms with Crippen LogP contribution in [0.5, 0.6) is 5.75 Å². The Kier molecular flexibility index (Phi) is 9.21. The summed E-state index contributed by atoms with van der Waals surface area (Å²) in [5.74, 6) is 0.336. The first-order valence-corrected chi connectivity index (χ1v) is 15.7. The second-order valence-corrected chi connectivity index (χ2v) is 12.6. The van der Waals surface area contributed by atoms with Crippen molar-refractivity contribution in [1.82, 2.24) is 14.5 Å². The number of thiazole rings is 1. The van der Waals surface area contributed by atoms with Crippen LogP contribution in [-0.4, -0.2) is 39.6 Å². The van der Waals surface area contributed by atoms with Gasteiger partial charge in [0.1, 0.15) is 16.4 Å². The Morgan fingerprint density at radius 3 is 2.43 bits per heavy atom. The van der Waals surface area contributed by atoms with Crippen molar-refractivity contribution in [3.63, 3.8) is 0 Å². The van der Waals surface area contributed by atoms with Gasteiger partial charge in [-0.1, -0.05) is 47.0 Å². The molecular weight excluding hydrogens is 589 g/mol. The Hall–Kier alpha value is -3.39. The van der Waals surface area contributed by atoms with E-state index in [0.717, 1.165) is 36.1 Å². The van der Waals surface area contributed by atoms with Crippen LogP contribution < -0.4 is 10.3 Å². The van der Waals surface area contributed by atoms with Crippen molar-refractivity contribution >= 4 is 46.5 Å². The highest BCUT2D eigenvalue weighted by atomic mass is 35.5. The highest BCUT2D eigenvalue weighted by Crippen LogP contribution is 2.35. The number of benzene rings is 2. The van der Waals surface area contributed by atoms with Crippen molar-refractivity contribution in [2.45, 2.75) is 53.1 Å². The molecule has 2 aromatic carbocycles. The number of carbonyl (C=O) groups excluding carboxylic acids is 1. The number of nitrogens with zero attached hydrogens (tertiary/aromatic N) is 3. The molecule has 0 bridgehead atoms. The number of carbonyl (C=O) groups is 1. The molecule has 42 heavy (non-hydrogen) atoms. The molecule has 0 saturated carbocycles. The lowest BCUT2D eigenvalue weighted by molar-refractivity contribution is 0.0723. The third-order valence-electron chi connectivity index (χ3n) is 6.95. The van der Waals surface area contributed by atoms with Gasteiger partial charge in [-0.15, -0.1) is 11.3 Å². The molecule has 9 heteroatoms. The fraction of sp³-hybridized carbons (Fsp3) is 0.303. The number of pyridine rings is 1. The van der Waals surface area contributed by atoms with Gasteiger partial charge in [-0.2, -0.15) is 0 Å². The van der Waals surface area contributed by atoms with E-state index >= 15 is 0 Å². The van der Waals surface area contributed by atoms with Gasteiger partial charge in [0.15, 0.2) is 0 Å². The summed E-state index contributed by atoms with van der Waals surface area (Å²) in [5, 5.41) is 3.38. The molecule has 0 aliphatic carbocycles. The molecule has 1 amide bonds. The van der Waals surface area contributed by atoms with Crippen molar-refractivity contribution in [1.29, 1.82) is 0 Å². The molecule has 5 rings (SSSR count). The third-order valence-corrected chi connectivity index (χ3v) is 8.38. The average Bonchev–Trinajstić information content (AvgIpc) is 3.44. The van der Waals surface area contributed by atoms with E-state index < -0.39 is 0 Å². The molecule has 0 spiro atoms. The normalized spacial score (nSPS) is 13.4. The van der Waals surface area contributed by atoms with Crippen LogP contribution in [0.25, 0.3) is 33.6 Å². The number of amides is 1. The molecule has 1 saturated heterocycles. The predicted molar refractivity (Wildman–Crippen MR) is 173 cm³/mol. The zero-order valence-electron chi connectivity index (χ0n) is 24.1. The van der Waals surface area contributed by atoms with E-state index in [4.69, 9.17) is 32.9 Å². The lowest BCUT2D eigenvalue weighted by atomic mass is 10.0. The number of hydrogen-bond donors (Lipinski definition) is 0. The molecular formula is C33H33Cl2N3O3S. The Morgan fingerprint density at radius 2 is 1.76 bits per heavy atom. The number of likely N-dealkylation sites (tertiary alicyclic amines) is 1. The number of halogens is 2. The van der Waals surface area contributed by atoms with Crippen LogP contribution in [0.15, 0.2) is 64.3 Å². The largest absolute Gasteiger partial charge is 0.489 e. The second-order valence-electron chi connectivity index (χ2n) is 10.9. The van der Waals surface area contributed by atoms with Gasteiger partial charge in [0.2, 0.25) is 0 Å². The molecule has 0 radical (unpaired) electrons. The minimum absolute atomic E-state index is 0.120. The number of ether oxygens (including phenoxy) is 1. The van der Waals surface area contributed by atoms with Crippen LogP contribution in [0.2, 0.25) is 10.0 Å². The van der Waals surface area contributed by atoms with Crippen LogP contribution in [0.4, 0.5) is 0 Å². The topological polar surface area (TPSA) is 64.4 Å². The molecule has 1 fully saturated rings. The van der Waals surface area contributed by atoms with Gasteiger partial charge in [-0.25, -0.2) is 4.98 Å². The first kappa shape index (κ1) is 30.1. The average molecular weight is 623 g/mol. The Balaban J connectivity index is 1.81. The molecule has 0 unspecified atom stereocenters. The summed E-state index contributed by atoms with van der Waals surface area (Å²) >= 11 is 14.3. The Labute approximate surface area is 260 Å². The molecule has 2 aromatic heterocycles. The van der Waals surface area contributed by atoms with Crippen LogP contribution in [-0.2, 0) is 0 Å². The first-order valence-electron chi connectivity index (χ1n) is 14.1. The Morgan fingerprint density at radius 1 is 1.05 bits per heavy atom. The molecule has 218 valence electrons. The molecule has 3 heterocycles. The molecule has 1 aliphatic heterocycles. The fourth-order valence-corrected chi connectivity index (χ4v) is 6.28. The number of para-hydroxylation sites is 1. The van der Waals surface area contributed by atoms with Gasteiger partial charge in [-0.3, -0.25) is 14.2 Å². The van der Waals surface area contributed by atoms with Crippen molar-refractivity contribution in [3.8, 4) is 33.3 Å². The van der Waals surface area contributed by atoms with E-state index in [2.05, 4.69) is 0 Å². The molecule has 6 nitrogen and oxygen atoms in total. The van der Waals surface area contributed by atoms with E-state index in [1.54, 1.807) is 36.4 Å². The SMILES string of the molecule is CC(C)=Cc1c(C(=O)N2CCCCC2)cc(-c2nc(-c3ccc(Cl)cc3)cs2)c(=O)n1-c1c(Cl)cccc1OC(C)C. The summed E-state index contributed by atoms with van der Waals surface area (Å²) in [6.07, 6.45) is 4.69. The highest BCUT2D eigenvalue weighted by molar-refractivity contribution is 7.13. The predicted octanol–water partition coefficient (Wildman–Crippen LogP) is 8.77. The first-order chi connectivity index (χ1) is 20.1. The summed E-state index contributed by atoms with van der Waals surface area (Å²) < 4.78 is 7.68. The number of rotatable bonds is 7. The maximum Gasteiger partial charge on any atom is 0.266 e. The molecule has 4 aromatic rings. The summed E-state index contributed by atoms with van der Waals surface area (Å²) in [5.41, 5.74) is 3.80. The highest BCUT2D eigenvalue weighted by Gasteiger charge is 2.28. The number of aromatic nitrogens is 2. The molecule has 1 aliphatic rings. The summed E-state index contributed by atoms with van der Waals surface area (Å²) in [6, 6.07) is 14.4. The van der Waals surface area contributed by atoms with E-state index in [0.29, 0.717) is 56.4 Å². The number of hydrogen-bond acceptors (Lipinski definition) is 5. The van der Waals surface area contributed by atoms with E-state index in [-0.39, 0.29) is 17.6 Å². The summed E-state index contributed by atoms with van der Waals surface area (Å²) in [7, 11) is 0. The van der Waals surface area contributed by atoms with Crippen LogP contribution in [0, 0.1) is 0 Å². The van der Waals surface area contributed by atoms with Gasteiger partial charge in [-0.05, 0) is 83.4 Å². The molecule has 0 N–H and O–H groups in total. The van der Waals surface area contributed by atoms with Crippen molar-refractivity contribution < 1.29 is 9.53 Å². The van der Waals surface area contributed by atoms with Crippen molar-refractivity contribution in [3.05, 3.63) is 91.1 Å². The second kappa shape index (κ2) is 12.9. The maximum absolute atomic E-state index is 14.5. The van der Waals surface area contributed by atoms with Gasteiger partial charge >= 0.3 is 0 Å². The number of allylic oxidation sites excluding steroid dienone is 1. The van der Waals surface area contributed by atoms with Gasteiger partial charge in [0.05, 0.1) is 33.6 Å². The van der Waals surface area contributed by atoms with E-state index in [1.165, 1.54) is 15.9 Å². The van der Waals surface area contributed by atoms with E-state index in [9.17, 15) is 9.59 Å². The van der Waals surface area contributed by atoms with Crippen LogP contribution in [0.3, 0.4) is 0 Å². The minimum Gasteiger partial charge on any atom is -0.489 e. The summed E-state index contributed by atoms with van der Waals surface area (Å²) in [6.45, 7) is 9.06. The van der Waals surface area contributed by atoms with Gasteiger partial charge < -0.3 is 9.64 Å². The fourth-order valence-electron chi connectivity index (χ4n) is 5.07. The Bertz CT molecular complexity index is 1700. The zero-order chi connectivity index (χ0) is 30.0. The van der Waals surface area contributed by atoms with Crippen molar-refractivity contribution in [2.75, 3.05) is 13.1 Å². The summed E-state index contributed by atoms with van der Waals surface area (Å²) in [4.78, 5) is 35.4. The number of piperidine rings is 1. The van der Waals surface area contributed by atoms with Crippen molar-refractivity contribution in [2.24, 2.45) is 0 Å². The van der Waals surface area contributed by atoms with Gasteiger partial charge in [0, 0.05) is 29.1 Å². The lowest BCUT2D eigenvalue weighted by Crippen LogP contribution is -2.37. The monoisotopic (exact) mass is 621 g/mol. The van der Waals surface area contributed by atoms with Crippen LogP contribution in [0.1, 0.15) is 63.0 Å². The third kappa shape index (κ3) is 6.33. The van der Waals surface area contributed by atoms with Gasteiger partial charge in [0.25, 0.3) is 11.5 Å². The maximum atomic E-state index is 14.5. The standard InChI is InChI=1S/C33H33Cl2N3O3S/c1-20(2)17-28-24(32(39)37-15-6-5-7-16-37)18-25(31-36-27(19-42-31)22-11-13-23(34)14-12-22)33(40)38(28)30-26(35)9-8-10-29(30)41-21(3)4/h8-14,17-19,21H,5-7,15-16H2,1-4H3. The quantitative estimate of drug-likeness (QED) is 0.207. The molecule has 0 atom stereocenters. The minimum atomic E-state index is -0.337.